The lowest BCUT2D eigenvalue weighted by Crippen LogP contribution is -2.08. The zero-order valence-corrected chi connectivity index (χ0v) is 9.36. The molecule has 3 heteroatoms. The number of rotatable bonds is 2. The second-order valence-corrected chi connectivity index (χ2v) is 3.95. The maximum atomic E-state index is 11.5. The van der Waals surface area contributed by atoms with E-state index >= 15 is 0 Å². The van der Waals surface area contributed by atoms with Crippen molar-refractivity contribution in [2.24, 2.45) is 0 Å². The maximum Gasteiger partial charge on any atom is 0.159 e. The van der Waals surface area contributed by atoms with E-state index in [-0.39, 0.29) is 17.5 Å². The molecule has 0 bridgehead atoms. The molecule has 1 aliphatic heterocycles. The van der Waals surface area contributed by atoms with Crippen LogP contribution in [0.15, 0.2) is 35.6 Å². The summed E-state index contributed by atoms with van der Waals surface area (Å²) in [4.78, 5) is 11.5. The zero-order chi connectivity index (χ0) is 11.7. The Hall–Kier alpha value is -1.77. The highest BCUT2D eigenvalue weighted by Crippen LogP contribution is 2.37. The van der Waals surface area contributed by atoms with Crippen LogP contribution in [0.1, 0.15) is 25.3 Å². The van der Waals surface area contributed by atoms with Crippen molar-refractivity contribution in [3.8, 4) is 5.75 Å². The Bertz CT molecular complexity index is 460. The van der Waals surface area contributed by atoms with Crippen molar-refractivity contribution in [3.05, 3.63) is 41.2 Å². The molecule has 0 aliphatic carbocycles. The first-order chi connectivity index (χ1) is 7.61. The summed E-state index contributed by atoms with van der Waals surface area (Å²) in [5, 5.41) is 9.77. The summed E-state index contributed by atoms with van der Waals surface area (Å²) >= 11 is 0. The lowest BCUT2D eigenvalue weighted by molar-refractivity contribution is -0.113. The first kappa shape index (κ1) is 10.7. The van der Waals surface area contributed by atoms with Gasteiger partial charge in [-0.2, -0.15) is 0 Å². The molecule has 1 heterocycles. The summed E-state index contributed by atoms with van der Waals surface area (Å²) in [6.07, 6.45) is 0. The van der Waals surface area contributed by atoms with Gasteiger partial charge in [-0.05, 0) is 19.9 Å². The molecule has 0 amide bonds. The zero-order valence-electron chi connectivity index (χ0n) is 9.36. The molecule has 1 aromatic rings. The topological polar surface area (TPSA) is 46.5 Å². The van der Waals surface area contributed by atoms with E-state index in [1.165, 1.54) is 6.92 Å². The van der Waals surface area contributed by atoms with Crippen LogP contribution in [0, 0.1) is 0 Å². The van der Waals surface area contributed by atoms with Crippen molar-refractivity contribution in [2.75, 3.05) is 6.61 Å². The monoisotopic (exact) mass is 218 g/mol. The summed E-state index contributed by atoms with van der Waals surface area (Å²) in [7, 11) is 0. The van der Waals surface area contributed by atoms with Gasteiger partial charge in [-0.15, -0.1) is 0 Å². The smallest absolute Gasteiger partial charge is 0.159 e. The van der Waals surface area contributed by atoms with Crippen LogP contribution >= 0.6 is 0 Å². The van der Waals surface area contributed by atoms with Gasteiger partial charge >= 0.3 is 0 Å². The fourth-order valence-electron chi connectivity index (χ4n) is 2.14. The van der Waals surface area contributed by atoms with Gasteiger partial charge in [0.25, 0.3) is 0 Å². The fraction of sp³-hybridized carbons (Fsp3) is 0.308. The van der Waals surface area contributed by atoms with E-state index in [4.69, 9.17) is 4.74 Å². The van der Waals surface area contributed by atoms with Crippen LogP contribution < -0.4 is 0 Å². The van der Waals surface area contributed by atoms with E-state index in [9.17, 15) is 9.90 Å². The summed E-state index contributed by atoms with van der Waals surface area (Å²) < 4.78 is 5.40. The highest BCUT2D eigenvalue weighted by molar-refractivity contribution is 5.95. The number of carbonyl (C=O) groups is 1. The molecule has 1 aliphatic rings. The molecule has 0 spiro atoms. The van der Waals surface area contributed by atoms with Crippen molar-refractivity contribution >= 4 is 5.78 Å². The third kappa shape index (κ3) is 1.69. The predicted molar refractivity (Wildman–Crippen MR) is 60.2 cm³/mol. The van der Waals surface area contributed by atoms with E-state index in [2.05, 4.69) is 0 Å². The number of carbonyl (C=O) groups excluding carboxylic acids is 1. The van der Waals surface area contributed by atoms with Gasteiger partial charge in [0, 0.05) is 11.1 Å². The van der Waals surface area contributed by atoms with Crippen molar-refractivity contribution < 1.29 is 14.6 Å². The van der Waals surface area contributed by atoms with Crippen LogP contribution in [0.25, 0.3) is 0 Å². The van der Waals surface area contributed by atoms with Gasteiger partial charge in [0.15, 0.2) is 5.78 Å². The molecule has 16 heavy (non-hydrogen) atoms. The molecule has 1 atom stereocenters. The number of ether oxygens (including phenoxy) is 1. The summed E-state index contributed by atoms with van der Waals surface area (Å²) in [6, 6.07) is 7.06. The predicted octanol–water partition coefficient (Wildman–Crippen LogP) is 2.37. The van der Waals surface area contributed by atoms with Gasteiger partial charge < -0.3 is 9.84 Å². The van der Waals surface area contributed by atoms with Crippen LogP contribution in [-0.4, -0.2) is 17.5 Å². The second-order valence-electron chi connectivity index (χ2n) is 3.95. The van der Waals surface area contributed by atoms with Gasteiger partial charge in [-0.25, -0.2) is 0 Å². The number of hydrogen-bond acceptors (Lipinski definition) is 3. The van der Waals surface area contributed by atoms with Crippen LogP contribution in [-0.2, 0) is 9.53 Å². The SMILES string of the molecule is CC(=O)C1=C(C)OC[C@H]1c1ccccc1O. The fourth-order valence-corrected chi connectivity index (χ4v) is 2.14. The number of phenols is 1. The molecule has 0 saturated heterocycles. The molecule has 3 nitrogen and oxygen atoms in total. The van der Waals surface area contributed by atoms with Crippen LogP contribution in [0.5, 0.6) is 5.75 Å². The molecular formula is C13H14O3. The van der Waals surface area contributed by atoms with Crippen molar-refractivity contribution in [1.29, 1.82) is 0 Å². The third-order valence-corrected chi connectivity index (χ3v) is 2.89. The minimum Gasteiger partial charge on any atom is -0.508 e. The molecule has 2 rings (SSSR count). The lowest BCUT2D eigenvalue weighted by Gasteiger charge is -2.12. The van der Waals surface area contributed by atoms with Gasteiger partial charge in [0.1, 0.15) is 11.5 Å². The van der Waals surface area contributed by atoms with E-state index < -0.39 is 0 Å². The number of Topliss-reactive ketones (excluding diaryl/α,β-unsaturated/α-hetero) is 1. The average Bonchev–Trinajstić information content (AvgIpc) is 2.61. The Morgan fingerprint density at radius 3 is 2.75 bits per heavy atom. The largest absolute Gasteiger partial charge is 0.508 e. The van der Waals surface area contributed by atoms with E-state index in [0.29, 0.717) is 17.9 Å². The molecular weight excluding hydrogens is 204 g/mol. The Labute approximate surface area is 94.4 Å². The Balaban J connectivity index is 2.44. The summed E-state index contributed by atoms with van der Waals surface area (Å²) in [5.74, 6) is 0.743. The van der Waals surface area contributed by atoms with Crippen LogP contribution in [0.4, 0.5) is 0 Å². The van der Waals surface area contributed by atoms with Gasteiger partial charge in [0.05, 0.1) is 12.5 Å². The molecule has 84 valence electrons. The second kappa shape index (κ2) is 4.00. The molecule has 0 fully saturated rings. The molecule has 0 saturated carbocycles. The van der Waals surface area contributed by atoms with Crippen LogP contribution in [0.3, 0.4) is 0 Å². The summed E-state index contributed by atoms with van der Waals surface area (Å²) in [6.45, 7) is 3.75. The highest BCUT2D eigenvalue weighted by atomic mass is 16.5. The minimum absolute atomic E-state index is 0.00301. The van der Waals surface area contributed by atoms with Crippen LogP contribution in [0.2, 0.25) is 0 Å². The maximum absolute atomic E-state index is 11.5. The number of aromatic hydroxyl groups is 1. The lowest BCUT2D eigenvalue weighted by atomic mass is 9.90. The van der Waals surface area contributed by atoms with E-state index in [1.807, 2.05) is 12.1 Å². The Kier molecular flexibility index (Phi) is 2.69. The molecule has 0 unspecified atom stereocenters. The summed E-state index contributed by atoms with van der Waals surface area (Å²) in [5.41, 5.74) is 1.42. The number of ketones is 1. The highest BCUT2D eigenvalue weighted by Gasteiger charge is 2.30. The number of phenolic OH excluding ortho intramolecular Hbond substituents is 1. The first-order valence-electron chi connectivity index (χ1n) is 5.23. The number of allylic oxidation sites excluding steroid dienone is 1. The Morgan fingerprint density at radius 1 is 1.44 bits per heavy atom. The standard InChI is InChI=1S/C13H14O3/c1-8(14)13-9(2)16-7-11(13)10-5-3-4-6-12(10)15/h3-6,11,15H,7H2,1-2H3/t11-/m0/s1. The van der Waals surface area contributed by atoms with Crippen molar-refractivity contribution in [3.63, 3.8) is 0 Å². The molecule has 0 radical (unpaired) electrons. The molecule has 1 N–H and O–H groups in total. The third-order valence-electron chi connectivity index (χ3n) is 2.89. The van der Waals surface area contributed by atoms with Gasteiger partial charge in [-0.1, -0.05) is 18.2 Å². The molecule has 0 aromatic heterocycles. The van der Waals surface area contributed by atoms with Gasteiger partial charge in [-0.3, -0.25) is 4.79 Å². The van der Waals surface area contributed by atoms with Crippen molar-refractivity contribution in [2.45, 2.75) is 19.8 Å². The van der Waals surface area contributed by atoms with Gasteiger partial charge in [0.2, 0.25) is 0 Å². The Morgan fingerprint density at radius 2 is 2.12 bits per heavy atom. The first-order valence-corrected chi connectivity index (χ1v) is 5.23. The van der Waals surface area contributed by atoms with Crippen molar-refractivity contribution in [1.82, 2.24) is 0 Å². The van der Waals surface area contributed by atoms with E-state index in [1.54, 1.807) is 19.1 Å². The number of hydrogen-bond donors (Lipinski definition) is 1. The minimum atomic E-state index is -0.140. The average molecular weight is 218 g/mol. The molecule has 1 aromatic carbocycles. The van der Waals surface area contributed by atoms with E-state index in [0.717, 1.165) is 5.56 Å². The number of para-hydroxylation sites is 1. The normalized spacial score (nSPS) is 19.8. The number of benzene rings is 1. The quantitative estimate of drug-likeness (QED) is 0.828.